The van der Waals surface area contributed by atoms with Crippen molar-refractivity contribution in [2.45, 2.75) is 13.8 Å². The summed E-state index contributed by atoms with van der Waals surface area (Å²) in [4.78, 5) is 0. The first-order valence-corrected chi connectivity index (χ1v) is 2.30. The Hall–Kier alpha value is -0.160. The van der Waals surface area contributed by atoms with Gasteiger partial charge in [-0.15, -0.1) is 0 Å². The van der Waals surface area contributed by atoms with Gasteiger partial charge in [0.1, 0.15) is 0 Å². The highest BCUT2D eigenvalue weighted by molar-refractivity contribution is 3.84. The summed E-state index contributed by atoms with van der Waals surface area (Å²) >= 11 is 0. The summed E-state index contributed by atoms with van der Waals surface area (Å²) in [5.41, 5.74) is 0. The van der Waals surface area contributed by atoms with Crippen LogP contribution in [-0.2, 0) is 0 Å². The van der Waals surface area contributed by atoms with Crippen LogP contribution in [0.4, 0.5) is 0 Å². The summed E-state index contributed by atoms with van der Waals surface area (Å²) in [7, 11) is 0. The van der Waals surface area contributed by atoms with E-state index in [9.17, 15) is 0 Å². The predicted molar refractivity (Wildman–Crippen MR) is 31.5 cm³/mol. The maximum absolute atomic E-state index is 7.57. The second kappa shape index (κ2) is 68.9. The number of hydrogen-bond donors (Lipinski definition) is 4. The van der Waals surface area contributed by atoms with E-state index in [1.165, 1.54) is 0 Å². The van der Waals surface area contributed by atoms with E-state index in [1.54, 1.807) is 13.8 Å². The molecule has 4 heteroatoms. The first kappa shape index (κ1) is 15.7. The molecule has 8 heavy (non-hydrogen) atoms. The molecule has 5 N–H and O–H groups in total. The number of hydrogen-bond acceptors (Lipinski definition) is 4. The van der Waals surface area contributed by atoms with Crippen LogP contribution >= 0.6 is 0 Å². The zero-order chi connectivity index (χ0) is 7.41. The third-order valence-corrected chi connectivity index (χ3v) is 0. The zero-order valence-electron chi connectivity index (χ0n) is 5.33. The van der Waals surface area contributed by atoms with Crippen molar-refractivity contribution in [1.82, 2.24) is 0 Å². The molecule has 0 heterocycles. The summed E-state index contributed by atoms with van der Waals surface area (Å²) in [5.74, 6) is 3.50. The standard InChI is InChI=1S/2C2H6O.H3NO/c2*1-2-3;1-2/h2*3H,2H2,1H3;2H,1H2. The molecule has 0 saturated heterocycles. The van der Waals surface area contributed by atoms with E-state index in [0.29, 0.717) is 0 Å². The van der Waals surface area contributed by atoms with Crippen LogP contribution in [0.5, 0.6) is 0 Å². The Labute approximate surface area is 49.5 Å². The van der Waals surface area contributed by atoms with E-state index in [4.69, 9.17) is 15.4 Å². The molecule has 0 spiro atoms. The number of aliphatic hydroxyl groups excluding tert-OH is 2. The molecule has 0 aliphatic carbocycles. The quantitative estimate of drug-likeness (QED) is 0.323. The second-order valence-electron chi connectivity index (χ2n) is 0.632. The highest BCUT2D eigenvalue weighted by Gasteiger charge is 1.34. The van der Waals surface area contributed by atoms with Gasteiger partial charge in [0.05, 0.1) is 0 Å². The Morgan fingerprint density at radius 3 is 1.00 bits per heavy atom. The fourth-order valence-corrected chi connectivity index (χ4v) is 0. The highest BCUT2D eigenvalue weighted by Crippen LogP contribution is 1.30. The van der Waals surface area contributed by atoms with Crippen molar-refractivity contribution in [3.8, 4) is 0 Å². The molecule has 0 radical (unpaired) electrons. The van der Waals surface area contributed by atoms with Crippen LogP contribution in [0.1, 0.15) is 13.8 Å². The normalized spacial score (nSPS) is 5.25. The lowest BCUT2D eigenvalue weighted by Crippen LogP contribution is -1.72. The molecule has 0 rings (SSSR count). The summed E-state index contributed by atoms with van der Waals surface area (Å²) in [5, 5.41) is 21.6. The van der Waals surface area contributed by atoms with Gasteiger partial charge < -0.3 is 15.4 Å². The smallest absolute Gasteiger partial charge is 0.0402 e. The first-order valence-electron chi connectivity index (χ1n) is 2.30. The van der Waals surface area contributed by atoms with Crippen molar-refractivity contribution in [2.75, 3.05) is 13.2 Å². The van der Waals surface area contributed by atoms with Gasteiger partial charge in [0, 0.05) is 13.2 Å². The molecule has 0 aromatic heterocycles. The topological polar surface area (TPSA) is 86.7 Å². The predicted octanol–water partition coefficient (Wildman–Crippen LogP) is -0.669. The molecular weight excluding hydrogens is 110 g/mol. The van der Waals surface area contributed by atoms with Gasteiger partial charge in [-0.1, -0.05) is 0 Å². The second-order valence-corrected chi connectivity index (χ2v) is 0.632. The van der Waals surface area contributed by atoms with Crippen LogP contribution in [0, 0.1) is 0 Å². The molecule has 0 fully saturated rings. The Morgan fingerprint density at radius 1 is 1.00 bits per heavy atom. The fourth-order valence-electron chi connectivity index (χ4n) is 0. The SMILES string of the molecule is CCO.CCO.NO. The first-order chi connectivity index (χ1) is 3.83. The molecule has 0 aromatic rings. The minimum Gasteiger partial charge on any atom is -0.397 e. The molecule has 0 unspecified atom stereocenters. The van der Waals surface area contributed by atoms with Crippen molar-refractivity contribution >= 4 is 0 Å². The molecular formula is C4H15NO3. The van der Waals surface area contributed by atoms with Crippen LogP contribution in [0.15, 0.2) is 0 Å². The molecule has 0 bridgehead atoms. The van der Waals surface area contributed by atoms with Crippen molar-refractivity contribution in [3.63, 3.8) is 0 Å². The van der Waals surface area contributed by atoms with E-state index in [2.05, 4.69) is 5.90 Å². The Kier molecular flexibility index (Phi) is 135. The van der Waals surface area contributed by atoms with Gasteiger partial charge in [-0.25, -0.2) is 5.90 Å². The largest absolute Gasteiger partial charge is 0.397 e. The third-order valence-electron chi connectivity index (χ3n) is 0. The lowest BCUT2D eigenvalue weighted by Gasteiger charge is -1.52. The fraction of sp³-hybridized carbons (Fsp3) is 1.00. The van der Waals surface area contributed by atoms with Crippen LogP contribution in [0.2, 0.25) is 0 Å². The zero-order valence-corrected chi connectivity index (χ0v) is 5.33. The van der Waals surface area contributed by atoms with Crippen LogP contribution in [0.3, 0.4) is 0 Å². The molecule has 0 saturated carbocycles. The van der Waals surface area contributed by atoms with E-state index in [1.807, 2.05) is 0 Å². The van der Waals surface area contributed by atoms with Crippen molar-refractivity contribution in [3.05, 3.63) is 0 Å². The maximum Gasteiger partial charge on any atom is 0.0402 e. The van der Waals surface area contributed by atoms with E-state index in [-0.39, 0.29) is 13.2 Å². The Balaban J connectivity index is -0.0000000483. The molecule has 0 atom stereocenters. The highest BCUT2D eigenvalue weighted by atomic mass is 16.4. The summed E-state index contributed by atoms with van der Waals surface area (Å²) in [6.45, 7) is 3.86. The average molecular weight is 125 g/mol. The average Bonchev–Trinajstić information content (AvgIpc) is 1.75. The van der Waals surface area contributed by atoms with Gasteiger partial charge >= 0.3 is 0 Å². The monoisotopic (exact) mass is 125 g/mol. The third kappa shape index (κ3) is 5340. The van der Waals surface area contributed by atoms with Crippen LogP contribution < -0.4 is 5.90 Å². The van der Waals surface area contributed by atoms with Crippen LogP contribution in [0.25, 0.3) is 0 Å². The van der Waals surface area contributed by atoms with Gasteiger partial charge in [-0.05, 0) is 13.8 Å². The Bertz CT molecular complexity index is 13.2. The van der Waals surface area contributed by atoms with Crippen molar-refractivity contribution < 1.29 is 15.4 Å². The van der Waals surface area contributed by atoms with Crippen molar-refractivity contribution in [2.24, 2.45) is 5.90 Å². The molecule has 0 aliphatic heterocycles. The van der Waals surface area contributed by atoms with Crippen molar-refractivity contribution in [1.29, 1.82) is 0 Å². The lowest BCUT2D eigenvalue weighted by molar-refractivity contribution is 0.311. The summed E-state index contributed by atoms with van der Waals surface area (Å²) in [6.07, 6.45) is 0. The van der Waals surface area contributed by atoms with E-state index < -0.39 is 0 Å². The van der Waals surface area contributed by atoms with Gasteiger partial charge in [0.15, 0.2) is 0 Å². The number of aliphatic hydroxyl groups is 2. The summed E-state index contributed by atoms with van der Waals surface area (Å²) in [6, 6.07) is 0. The van der Waals surface area contributed by atoms with E-state index >= 15 is 0 Å². The minimum absolute atomic E-state index is 0.250. The maximum atomic E-state index is 7.57. The molecule has 0 amide bonds. The van der Waals surface area contributed by atoms with Gasteiger partial charge in [-0.3, -0.25) is 0 Å². The molecule has 0 aliphatic rings. The minimum atomic E-state index is 0.250. The lowest BCUT2D eigenvalue weighted by atomic mass is 10.9. The number of rotatable bonds is 0. The summed E-state index contributed by atoms with van der Waals surface area (Å²) < 4.78 is 0. The van der Waals surface area contributed by atoms with Gasteiger partial charge in [0.2, 0.25) is 0 Å². The molecule has 54 valence electrons. The van der Waals surface area contributed by atoms with Gasteiger partial charge in [0.25, 0.3) is 0 Å². The number of nitrogens with two attached hydrogens (primary N) is 1. The molecule has 0 aromatic carbocycles. The van der Waals surface area contributed by atoms with Crippen LogP contribution in [-0.4, -0.2) is 28.6 Å². The Morgan fingerprint density at radius 2 is 1.00 bits per heavy atom. The molecule has 4 nitrogen and oxygen atoms in total. The van der Waals surface area contributed by atoms with Gasteiger partial charge in [-0.2, -0.15) is 0 Å². The van der Waals surface area contributed by atoms with E-state index in [0.717, 1.165) is 0 Å².